The number of ether oxygens (including phenoxy) is 1. The molecule has 1 aromatic rings. The number of aliphatic hydroxyl groups is 1. The molecule has 34 heavy (non-hydrogen) atoms. The molecule has 3 aliphatic rings. The molecule has 0 radical (unpaired) electrons. The quantitative estimate of drug-likeness (QED) is 0.608. The predicted molar refractivity (Wildman–Crippen MR) is 136 cm³/mol. The first-order valence-electron chi connectivity index (χ1n) is 13.1. The van der Waals surface area contributed by atoms with Gasteiger partial charge in [0.15, 0.2) is 0 Å². The van der Waals surface area contributed by atoms with Crippen LogP contribution in [-0.4, -0.2) is 68.2 Å². The third kappa shape index (κ3) is 5.69. The summed E-state index contributed by atoms with van der Waals surface area (Å²) in [6.45, 7) is 5.78. The molecule has 190 valence electrons. The number of benzene rings is 1. The van der Waals surface area contributed by atoms with Gasteiger partial charge in [0.1, 0.15) is 16.7 Å². The van der Waals surface area contributed by atoms with Crippen LogP contribution in [-0.2, 0) is 10.0 Å². The summed E-state index contributed by atoms with van der Waals surface area (Å²) in [5.74, 6) is 1.17. The van der Waals surface area contributed by atoms with Crippen molar-refractivity contribution in [2.45, 2.75) is 82.3 Å². The number of hydrogen-bond donors (Lipinski definition) is 1. The van der Waals surface area contributed by atoms with Crippen molar-refractivity contribution in [2.75, 3.05) is 33.3 Å². The molecule has 1 fully saturated rings. The maximum atomic E-state index is 13.7. The standard InChI is InChI=1S/C27H42N2O4S/c1-20-16-29(21(2)19-30)34(31,32)27-14-13-24(23-11-7-8-12-23)15-25(27)33-26(20)18-28(3)17-22-9-5-4-6-10-22/h11,13-15,20-22,26,30H,4-10,12,16-19H2,1-3H3/t20-,21+,26-/m0/s1. The van der Waals surface area contributed by atoms with E-state index in [-0.39, 0.29) is 23.5 Å². The van der Waals surface area contributed by atoms with Gasteiger partial charge < -0.3 is 14.7 Å². The Balaban J connectivity index is 1.64. The first kappa shape index (κ1) is 25.7. The summed E-state index contributed by atoms with van der Waals surface area (Å²) < 4.78 is 35.4. The number of aliphatic hydroxyl groups excluding tert-OH is 1. The van der Waals surface area contributed by atoms with Crippen LogP contribution in [0.4, 0.5) is 0 Å². The minimum atomic E-state index is -3.79. The Hall–Kier alpha value is -1.41. The molecule has 1 aliphatic heterocycles. The van der Waals surface area contributed by atoms with E-state index in [2.05, 4.69) is 24.9 Å². The number of hydrogen-bond acceptors (Lipinski definition) is 5. The van der Waals surface area contributed by atoms with Crippen molar-refractivity contribution in [2.24, 2.45) is 11.8 Å². The molecule has 0 amide bonds. The summed E-state index contributed by atoms with van der Waals surface area (Å²) >= 11 is 0. The van der Waals surface area contributed by atoms with Gasteiger partial charge in [-0.2, -0.15) is 4.31 Å². The summed E-state index contributed by atoms with van der Waals surface area (Å²) in [5.41, 5.74) is 2.32. The van der Waals surface area contributed by atoms with Crippen LogP contribution in [0.15, 0.2) is 29.2 Å². The van der Waals surface area contributed by atoms with Crippen molar-refractivity contribution in [1.82, 2.24) is 9.21 Å². The lowest BCUT2D eigenvalue weighted by molar-refractivity contribution is 0.0688. The van der Waals surface area contributed by atoms with Crippen LogP contribution in [0, 0.1) is 11.8 Å². The highest BCUT2D eigenvalue weighted by Gasteiger charge is 2.38. The zero-order valence-corrected chi connectivity index (χ0v) is 21.9. The van der Waals surface area contributed by atoms with E-state index in [1.165, 1.54) is 42.0 Å². The number of rotatable bonds is 7. The number of allylic oxidation sites excluding steroid dienone is 2. The number of fused-ring (bicyclic) bond motifs is 1. The third-order valence-corrected chi connectivity index (χ3v) is 9.88. The second kappa shape index (κ2) is 11.1. The molecule has 0 saturated heterocycles. The molecule has 0 bridgehead atoms. The first-order chi connectivity index (χ1) is 16.3. The van der Waals surface area contributed by atoms with E-state index < -0.39 is 16.1 Å². The van der Waals surface area contributed by atoms with E-state index in [1.54, 1.807) is 13.0 Å². The first-order valence-corrected chi connectivity index (χ1v) is 14.5. The monoisotopic (exact) mass is 490 g/mol. The van der Waals surface area contributed by atoms with Crippen molar-refractivity contribution in [3.8, 4) is 5.75 Å². The van der Waals surface area contributed by atoms with E-state index in [4.69, 9.17) is 4.74 Å². The minimum Gasteiger partial charge on any atom is -0.487 e. The molecular formula is C27H42N2O4S. The second-order valence-electron chi connectivity index (χ2n) is 10.7. The Morgan fingerprint density at radius 3 is 2.62 bits per heavy atom. The van der Waals surface area contributed by atoms with Crippen LogP contribution in [0.5, 0.6) is 5.75 Å². The lowest BCUT2D eigenvalue weighted by Crippen LogP contribution is -2.49. The zero-order chi connectivity index (χ0) is 24.3. The van der Waals surface area contributed by atoms with Gasteiger partial charge in [0.2, 0.25) is 10.0 Å². The maximum Gasteiger partial charge on any atom is 0.247 e. The average molecular weight is 491 g/mol. The normalized spacial score (nSPS) is 26.9. The Kier molecular flexibility index (Phi) is 8.39. The van der Waals surface area contributed by atoms with Crippen molar-refractivity contribution in [3.63, 3.8) is 0 Å². The van der Waals surface area contributed by atoms with Gasteiger partial charge in [0.05, 0.1) is 6.61 Å². The molecule has 1 N–H and O–H groups in total. The lowest BCUT2D eigenvalue weighted by Gasteiger charge is -2.38. The Bertz CT molecular complexity index is 971. The highest BCUT2D eigenvalue weighted by molar-refractivity contribution is 7.89. The molecular weight excluding hydrogens is 448 g/mol. The molecule has 1 saturated carbocycles. The second-order valence-corrected chi connectivity index (χ2v) is 12.6. The summed E-state index contributed by atoms with van der Waals surface area (Å²) in [5, 5.41) is 9.84. The van der Waals surface area contributed by atoms with Crippen molar-refractivity contribution >= 4 is 15.6 Å². The van der Waals surface area contributed by atoms with Gasteiger partial charge in [-0.05, 0) is 75.3 Å². The van der Waals surface area contributed by atoms with Gasteiger partial charge in [-0.15, -0.1) is 0 Å². The topological polar surface area (TPSA) is 70.1 Å². The summed E-state index contributed by atoms with van der Waals surface area (Å²) in [6.07, 6.45) is 11.9. The Labute approximate surface area is 206 Å². The van der Waals surface area contributed by atoms with E-state index >= 15 is 0 Å². The fourth-order valence-corrected chi connectivity index (χ4v) is 7.59. The number of sulfonamides is 1. The number of likely N-dealkylation sites (N-methyl/N-ethyl adjacent to an activating group) is 1. The minimum absolute atomic E-state index is 0.0138. The van der Waals surface area contributed by atoms with E-state index in [0.29, 0.717) is 12.3 Å². The summed E-state index contributed by atoms with van der Waals surface area (Å²) in [6, 6.07) is 5.05. The van der Waals surface area contributed by atoms with Gasteiger partial charge >= 0.3 is 0 Å². The SMILES string of the molecule is C[C@H](CO)N1C[C@H](C)[C@H](CN(C)CC2CCCCC2)Oc2cc(C3=CCCC3)ccc2S1(=O)=O. The predicted octanol–water partition coefficient (Wildman–Crippen LogP) is 4.53. The third-order valence-electron chi connectivity index (χ3n) is 7.87. The van der Waals surface area contributed by atoms with E-state index in [1.807, 2.05) is 12.1 Å². The smallest absolute Gasteiger partial charge is 0.247 e. The molecule has 4 rings (SSSR count). The van der Waals surface area contributed by atoms with Gasteiger partial charge in [-0.1, -0.05) is 38.3 Å². The van der Waals surface area contributed by atoms with Gasteiger partial charge in [0, 0.05) is 31.6 Å². The molecule has 6 nitrogen and oxygen atoms in total. The highest BCUT2D eigenvalue weighted by atomic mass is 32.2. The lowest BCUT2D eigenvalue weighted by atomic mass is 9.89. The molecule has 1 heterocycles. The van der Waals surface area contributed by atoms with Crippen LogP contribution in [0.25, 0.3) is 5.57 Å². The van der Waals surface area contributed by atoms with Gasteiger partial charge in [-0.25, -0.2) is 8.42 Å². The molecule has 1 aromatic carbocycles. The van der Waals surface area contributed by atoms with Gasteiger partial charge in [-0.3, -0.25) is 0 Å². The molecule has 0 unspecified atom stereocenters. The molecule has 7 heteroatoms. The molecule has 0 aromatic heterocycles. The highest BCUT2D eigenvalue weighted by Crippen LogP contribution is 2.37. The summed E-state index contributed by atoms with van der Waals surface area (Å²) in [7, 11) is -1.62. The Morgan fingerprint density at radius 2 is 1.94 bits per heavy atom. The van der Waals surface area contributed by atoms with Crippen molar-refractivity contribution in [3.05, 3.63) is 29.8 Å². The maximum absolute atomic E-state index is 13.7. The largest absolute Gasteiger partial charge is 0.487 e. The van der Waals surface area contributed by atoms with Crippen LogP contribution in [0.2, 0.25) is 0 Å². The van der Waals surface area contributed by atoms with E-state index in [0.717, 1.165) is 43.8 Å². The van der Waals surface area contributed by atoms with Crippen molar-refractivity contribution < 1.29 is 18.3 Å². The van der Waals surface area contributed by atoms with Crippen molar-refractivity contribution in [1.29, 1.82) is 0 Å². The van der Waals surface area contributed by atoms with Crippen LogP contribution >= 0.6 is 0 Å². The molecule has 0 spiro atoms. The van der Waals surface area contributed by atoms with E-state index in [9.17, 15) is 13.5 Å². The fraction of sp³-hybridized carbons (Fsp3) is 0.704. The van der Waals surface area contributed by atoms with Crippen LogP contribution in [0.1, 0.15) is 70.8 Å². The fourth-order valence-electron chi connectivity index (χ4n) is 5.77. The molecule has 2 aliphatic carbocycles. The average Bonchev–Trinajstić information content (AvgIpc) is 3.36. The number of nitrogens with zero attached hydrogens (tertiary/aromatic N) is 2. The zero-order valence-electron chi connectivity index (χ0n) is 21.1. The van der Waals surface area contributed by atoms with Crippen LogP contribution < -0.4 is 4.74 Å². The van der Waals surface area contributed by atoms with Gasteiger partial charge in [0.25, 0.3) is 0 Å². The summed E-state index contributed by atoms with van der Waals surface area (Å²) in [4.78, 5) is 2.58. The molecule has 3 atom stereocenters. The van der Waals surface area contributed by atoms with Crippen LogP contribution in [0.3, 0.4) is 0 Å². The Morgan fingerprint density at radius 1 is 1.18 bits per heavy atom.